The quantitative estimate of drug-likeness (QED) is 0.561. The maximum absolute atomic E-state index is 5.98. The van der Waals surface area contributed by atoms with Gasteiger partial charge in [0.25, 0.3) is 5.78 Å². The summed E-state index contributed by atoms with van der Waals surface area (Å²) in [6.07, 6.45) is 2.22. The standard InChI is InChI=1S/C11H14N8S/c1-4-8-16-17-11(18(8)12)20-9-6(2)7(3)15-10-13-5-14-19(9)10/h5H,4,12H2,1-3H3. The zero-order valence-corrected chi connectivity index (χ0v) is 12.2. The molecule has 0 radical (unpaired) electrons. The van der Waals surface area contributed by atoms with E-state index < -0.39 is 0 Å². The van der Waals surface area contributed by atoms with Crippen molar-refractivity contribution in [1.82, 2.24) is 34.5 Å². The van der Waals surface area contributed by atoms with Crippen LogP contribution in [0.1, 0.15) is 24.0 Å². The van der Waals surface area contributed by atoms with Gasteiger partial charge < -0.3 is 5.84 Å². The van der Waals surface area contributed by atoms with Crippen LogP contribution in [0.5, 0.6) is 0 Å². The van der Waals surface area contributed by atoms with Crippen LogP contribution < -0.4 is 5.84 Å². The van der Waals surface area contributed by atoms with Crippen LogP contribution in [0.2, 0.25) is 0 Å². The fraction of sp³-hybridized carbons (Fsp3) is 0.364. The number of rotatable bonds is 3. The number of nitrogen functional groups attached to an aromatic ring is 1. The number of nitrogens with two attached hydrogens (primary N) is 1. The Balaban J connectivity index is 2.12. The van der Waals surface area contributed by atoms with Gasteiger partial charge in [-0.2, -0.15) is 14.6 Å². The molecule has 0 atom stereocenters. The second kappa shape index (κ2) is 4.75. The highest BCUT2D eigenvalue weighted by atomic mass is 32.2. The zero-order valence-electron chi connectivity index (χ0n) is 11.4. The van der Waals surface area contributed by atoms with Gasteiger partial charge in [-0.25, -0.2) is 9.66 Å². The molecule has 0 aliphatic heterocycles. The molecule has 0 spiro atoms. The smallest absolute Gasteiger partial charge is 0.253 e. The maximum atomic E-state index is 5.98. The summed E-state index contributed by atoms with van der Waals surface area (Å²) in [5.74, 6) is 7.28. The summed E-state index contributed by atoms with van der Waals surface area (Å²) in [4.78, 5) is 8.50. The highest BCUT2D eigenvalue weighted by molar-refractivity contribution is 7.99. The van der Waals surface area contributed by atoms with E-state index in [1.54, 1.807) is 4.52 Å². The van der Waals surface area contributed by atoms with Gasteiger partial charge in [-0.05, 0) is 25.6 Å². The van der Waals surface area contributed by atoms with Crippen molar-refractivity contribution < 1.29 is 0 Å². The monoisotopic (exact) mass is 290 g/mol. The molecule has 3 rings (SSSR count). The van der Waals surface area contributed by atoms with E-state index in [0.29, 0.717) is 10.9 Å². The molecular weight excluding hydrogens is 276 g/mol. The first-order chi connectivity index (χ1) is 9.61. The molecule has 0 aliphatic carbocycles. The molecule has 3 heterocycles. The Morgan fingerprint density at radius 1 is 1.30 bits per heavy atom. The molecule has 0 bridgehead atoms. The Hall–Kier alpha value is -2.16. The summed E-state index contributed by atoms with van der Waals surface area (Å²) in [6, 6.07) is 0. The van der Waals surface area contributed by atoms with Crippen molar-refractivity contribution in [3.63, 3.8) is 0 Å². The summed E-state index contributed by atoms with van der Waals surface area (Å²) in [5, 5.41) is 13.9. The molecule has 0 saturated heterocycles. The molecule has 0 saturated carbocycles. The van der Waals surface area contributed by atoms with Crippen molar-refractivity contribution >= 4 is 17.5 Å². The second-order valence-corrected chi connectivity index (χ2v) is 5.28. The lowest BCUT2D eigenvalue weighted by molar-refractivity contribution is 0.780. The lowest BCUT2D eigenvalue weighted by atomic mass is 10.3. The van der Waals surface area contributed by atoms with Gasteiger partial charge in [-0.1, -0.05) is 6.92 Å². The number of nitrogens with zero attached hydrogens (tertiary/aromatic N) is 7. The fourth-order valence-electron chi connectivity index (χ4n) is 1.83. The molecule has 9 heteroatoms. The highest BCUT2D eigenvalue weighted by Gasteiger charge is 2.16. The predicted octanol–water partition coefficient (Wildman–Crippen LogP) is 0.760. The first kappa shape index (κ1) is 12.9. The molecule has 3 aromatic rings. The molecule has 0 aromatic carbocycles. The van der Waals surface area contributed by atoms with E-state index in [0.717, 1.165) is 28.5 Å². The Morgan fingerprint density at radius 3 is 2.80 bits per heavy atom. The summed E-state index contributed by atoms with van der Waals surface area (Å²) in [6.45, 7) is 5.92. The molecule has 3 aromatic heterocycles. The van der Waals surface area contributed by atoms with Crippen LogP contribution in [0.15, 0.2) is 16.5 Å². The molecule has 2 N–H and O–H groups in total. The maximum Gasteiger partial charge on any atom is 0.253 e. The van der Waals surface area contributed by atoms with Crippen LogP contribution >= 0.6 is 11.8 Å². The molecule has 0 unspecified atom stereocenters. The van der Waals surface area contributed by atoms with Gasteiger partial charge in [-0.15, -0.1) is 10.2 Å². The third-order valence-electron chi connectivity index (χ3n) is 3.09. The lowest BCUT2D eigenvalue weighted by Crippen LogP contribution is -2.13. The van der Waals surface area contributed by atoms with Crippen molar-refractivity contribution in [3.05, 3.63) is 23.4 Å². The molecule has 20 heavy (non-hydrogen) atoms. The summed E-state index contributed by atoms with van der Waals surface area (Å²) < 4.78 is 3.19. The van der Waals surface area contributed by atoms with E-state index in [9.17, 15) is 0 Å². The van der Waals surface area contributed by atoms with E-state index in [2.05, 4.69) is 25.3 Å². The van der Waals surface area contributed by atoms with Crippen LogP contribution in [0.3, 0.4) is 0 Å². The van der Waals surface area contributed by atoms with Gasteiger partial charge in [0.2, 0.25) is 5.16 Å². The van der Waals surface area contributed by atoms with Crippen LogP contribution in [0.4, 0.5) is 0 Å². The molecule has 0 amide bonds. The van der Waals surface area contributed by atoms with E-state index >= 15 is 0 Å². The fourth-order valence-corrected chi connectivity index (χ4v) is 2.80. The molecule has 0 fully saturated rings. The lowest BCUT2D eigenvalue weighted by Gasteiger charge is -2.09. The largest absolute Gasteiger partial charge is 0.336 e. The topological polar surface area (TPSA) is 99.8 Å². The predicted molar refractivity (Wildman–Crippen MR) is 73.9 cm³/mol. The summed E-state index contributed by atoms with van der Waals surface area (Å²) in [7, 11) is 0. The Morgan fingerprint density at radius 2 is 2.10 bits per heavy atom. The van der Waals surface area contributed by atoms with Crippen molar-refractivity contribution in [1.29, 1.82) is 0 Å². The minimum Gasteiger partial charge on any atom is -0.336 e. The van der Waals surface area contributed by atoms with Crippen molar-refractivity contribution in [2.45, 2.75) is 37.4 Å². The summed E-state index contributed by atoms with van der Waals surface area (Å²) in [5.41, 5.74) is 1.93. The van der Waals surface area contributed by atoms with Gasteiger partial charge in [0.15, 0.2) is 5.82 Å². The van der Waals surface area contributed by atoms with E-state index in [-0.39, 0.29) is 0 Å². The van der Waals surface area contributed by atoms with Crippen LogP contribution in [0.25, 0.3) is 5.78 Å². The third-order valence-corrected chi connectivity index (χ3v) is 4.23. The van der Waals surface area contributed by atoms with Crippen molar-refractivity contribution in [3.8, 4) is 0 Å². The number of hydrogen-bond donors (Lipinski definition) is 1. The van der Waals surface area contributed by atoms with Crippen LogP contribution in [-0.4, -0.2) is 34.5 Å². The van der Waals surface area contributed by atoms with Gasteiger partial charge in [0.1, 0.15) is 11.4 Å². The number of fused-ring (bicyclic) bond motifs is 1. The summed E-state index contributed by atoms with van der Waals surface area (Å²) >= 11 is 1.41. The SMILES string of the molecule is CCc1nnc(Sc2c(C)c(C)nc3ncnn23)n1N. The van der Waals surface area contributed by atoms with E-state index in [1.807, 2.05) is 20.8 Å². The molecule has 8 nitrogen and oxygen atoms in total. The van der Waals surface area contributed by atoms with E-state index in [4.69, 9.17) is 5.84 Å². The van der Waals surface area contributed by atoms with Crippen LogP contribution in [0, 0.1) is 13.8 Å². The Kier molecular flexibility index (Phi) is 3.05. The van der Waals surface area contributed by atoms with Gasteiger partial charge in [0, 0.05) is 17.7 Å². The molecular formula is C11H14N8S. The van der Waals surface area contributed by atoms with Gasteiger partial charge in [-0.3, -0.25) is 0 Å². The Bertz CT molecular complexity index is 774. The number of aryl methyl sites for hydroxylation is 2. The Labute approximate surface area is 119 Å². The molecule has 0 aliphatic rings. The first-order valence-electron chi connectivity index (χ1n) is 6.16. The minimum absolute atomic E-state index is 0.564. The first-order valence-corrected chi connectivity index (χ1v) is 6.97. The third kappa shape index (κ3) is 1.90. The average molecular weight is 290 g/mol. The van der Waals surface area contributed by atoms with E-state index in [1.165, 1.54) is 22.8 Å². The second-order valence-electron chi connectivity index (χ2n) is 4.32. The van der Waals surface area contributed by atoms with Crippen LogP contribution in [-0.2, 0) is 6.42 Å². The number of hydrogen-bond acceptors (Lipinski definition) is 7. The minimum atomic E-state index is 0.564. The zero-order chi connectivity index (χ0) is 14.3. The highest BCUT2D eigenvalue weighted by Crippen LogP contribution is 2.29. The van der Waals surface area contributed by atoms with Gasteiger partial charge in [0.05, 0.1) is 0 Å². The molecule has 104 valence electrons. The average Bonchev–Trinajstić information content (AvgIpc) is 3.02. The van der Waals surface area contributed by atoms with Crippen molar-refractivity contribution in [2.24, 2.45) is 0 Å². The number of aromatic nitrogens is 7. The van der Waals surface area contributed by atoms with Crippen molar-refractivity contribution in [2.75, 3.05) is 5.84 Å². The normalized spacial score (nSPS) is 11.3. The van der Waals surface area contributed by atoms with Gasteiger partial charge >= 0.3 is 0 Å².